The lowest BCUT2D eigenvalue weighted by Gasteiger charge is -2.28. The molecule has 2 heterocycles. The third-order valence-electron chi connectivity index (χ3n) is 6.50. The van der Waals surface area contributed by atoms with E-state index in [-0.39, 0.29) is 23.8 Å². The van der Waals surface area contributed by atoms with E-state index in [2.05, 4.69) is 10.2 Å². The molecule has 1 amide bonds. The number of hydrogen-bond donors (Lipinski definition) is 1. The number of rotatable bonds is 5. The molecule has 1 atom stereocenters. The van der Waals surface area contributed by atoms with Crippen LogP contribution in [-0.4, -0.2) is 45.7 Å². The number of carbonyl (C=O) groups is 1. The Morgan fingerprint density at radius 1 is 1.22 bits per heavy atom. The zero-order valence-corrected chi connectivity index (χ0v) is 15.6. The molecule has 5 rings (SSSR count). The summed E-state index contributed by atoms with van der Waals surface area (Å²) in [5.41, 5.74) is 0.156. The molecule has 2 saturated carbocycles. The van der Waals surface area contributed by atoms with Crippen LogP contribution in [0.4, 0.5) is 0 Å². The number of para-hydroxylation sites is 1. The lowest BCUT2D eigenvalue weighted by molar-refractivity contribution is -0.132. The molecule has 0 radical (unpaired) electrons. The Kier molecular flexibility index (Phi) is 4.14. The van der Waals surface area contributed by atoms with Crippen molar-refractivity contribution < 1.29 is 9.53 Å². The van der Waals surface area contributed by atoms with Gasteiger partial charge < -0.3 is 9.64 Å². The fourth-order valence-corrected chi connectivity index (χ4v) is 4.84. The highest BCUT2D eigenvalue weighted by Gasteiger charge is 2.51. The van der Waals surface area contributed by atoms with E-state index in [0.29, 0.717) is 5.92 Å². The number of H-pyrrole nitrogens is 1. The van der Waals surface area contributed by atoms with Crippen LogP contribution in [0.2, 0.25) is 0 Å². The Morgan fingerprint density at radius 2 is 2.00 bits per heavy atom. The maximum absolute atomic E-state index is 12.8. The summed E-state index contributed by atoms with van der Waals surface area (Å²) in [6.45, 7) is 1.63. The first-order chi connectivity index (χ1) is 13.2. The van der Waals surface area contributed by atoms with Gasteiger partial charge >= 0.3 is 0 Å². The molecule has 1 N–H and O–H groups in total. The molecule has 1 spiro atoms. The Hall–Kier alpha value is -2.37. The molecule has 6 heteroatoms. The number of aromatic amines is 1. The standard InChI is InChI=1S/C21H26N4O2/c26-18(13-27-16-6-2-1-3-7-16)25-12-17(21(14-25)10-4-5-11-21)20-22-19(23-24-20)15-8-9-15/h1-3,6-7,15,17H,4-5,8-14H2,(H,22,23,24). The van der Waals surface area contributed by atoms with Crippen LogP contribution >= 0.6 is 0 Å². The summed E-state index contributed by atoms with van der Waals surface area (Å²) in [6.07, 6.45) is 7.22. The highest BCUT2D eigenvalue weighted by Crippen LogP contribution is 2.53. The molecule has 2 aliphatic carbocycles. The molecule has 27 heavy (non-hydrogen) atoms. The molecule has 1 aromatic heterocycles. The summed E-state index contributed by atoms with van der Waals surface area (Å²) < 4.78 is 5.69. The monoisotopic (exact) mass is 366 g/mol. The normalized spacial score (nSPS) is 23.9. The topological polar surface area (TPSA) is 71.1 Å². The van der Waals surface area contributed by atoms with Crippen molar-refractivity contribution in [2.75, 3.05) is 19.7 Å². The fourth-order valence-electron chi connectivity index (χ4n) is 4.84. The van der Waals surface area contributed by atoms with Crippen molar-refractivity contribution in [3.05, 3.63) is 42.0 Å². The smallest absolute Gasteiger partial charge is 0.260 e. The third-order valence-corrected chi connectivity index (χ3v) is 6.50. The second-order valence-corrected chi connectivity index (χ2v) is 8.35. The summed E-state index contributed by atoms with van der Waals surface area (Å²) >= 11 is 0. The Morgan fingerprint density at radius 3 is 2.74 bits per heavy atom. The summed E-state index contributed by atoms with van der Waals surface area (Å²) in [4.78, 5) is 19.6. The van der Waals surface area contributed by atoms with E-state index in [0.717, 1.165) is 30.5 Å². The molecule has 2 aromatic rings. The molecule has 0 bridgehead atoms. The number of nitrogens with one attached hydrogen (secondary N) is 1. The van der Waals surface area contributed by atoms with Gasteiger partial charge in [-0.15, -0.1) is 0 Å². The number of nitrogens with zero attached hydrogens (tertiary/aromatic N) is 3. The average Bonchev–Trinajstić information content (AvgIpc) is 3.11. The fraction of sp³-hybridized carbons (Fsp3) is 0.571. The van der Waals surface area contributed by atoms with Crippen molar-refractivity contribution in [2.45, 2.75) is 50.4 Å². The van der Waals surface area contributed by atoms with Gasteiger partial charge in [0.15, 0.2) is 12.4 Å². The summed E-state index contributed by atoms with van der Waals surface area (Å²) in [6, 6.07) is 9.54. The average molecular weight is 366 g/mol. The van der Waals surface area contributed by atoms with E-state index in [1.165, 1.54) is 38.5 Å². The second kappa shape index (κ2) is 6.66. The molecule has 3 fully saturated rings. The number of ether oxygens (including phenoxy) is 1. The first-order valence-electron chi connectivity index (χ1n) is 10.1. The van der Waals surface area contributed by atoms with Crippen molar-refractivity contribution in [3.8, 4) is 5.75 Å². The zero-order chi connectivity index (χ0) is 18.3. The number of hydrogen-bond acceptors (Lipinski definition) is 4. The second-order valence-electron chi connectivity index (χ2n) is 8.35. The highest BCUT2D eigenvalue weighted by molar-refractivity contribution is 5.78. The van der Waals surface area contributed by atoms with E-state index < -0.39 is 0 Å². The molecule has 1 aliphatic heterocycles. The van der Waals surface area contributed by atoms with Crippen molar-refractivity contribution in [3.63, 3.8) is 0 Å². The number of likely N-dealkylation sites (tertiary alicyclic amines) is 1. The van der Waals surface area contributed by atoms with Crippen LogP contribution in [0.25, 0.3) is 0 Å². The van der Waals surface area contributed by atoms with Crippen molar-refractivity contribution >= 4 is 5.91 Å². The first kappa shape index (κ1) is 16.8. The Labute approximate surface area is 159 Å². The van der Waals surface area contributed by atoms with Crippen LogP contribution < -0.4 is 4.74 Å². The van der Waals surface area contributed by atoms with Crippen LogP contribution in [0.1, 0.15) is 62.0 Å². The van der Waals surface area contributed by atoms with Gasteiger partial charge in [-0.3, -0.25) is 9.89 Å². The van der Waals surface area contributed by atoms with Crippen LogP contribution in [0.15, 0.2) is 30.3 Å². The van der Waals surface area contributed by atoms with E-state index in [1.54, 1.807) is 0 Å². The molecule has 1 unspecified atom stereocenters. The van der Waals surface area contributed by atoms with Gasteiger partial charge in [-0.2, -0.15) is 5.10 Å². The minimum Gasteiger partial charge on any atom is -0.484 e. The number of amides is 1. The van der Waals surface area contributed by atoms with Crippen LogP contribution in [0, 0.1) is 5.41 Å². The van der Waals surface area contributed by atoms with Crippen LogP contribution in [0.5, 0.6) is 5.75 Å². The largest absolute Gasteiger partial charge is 0.484 e. The van der Waals surface area contributed by atoms with Crippen molar-refractivity contribution in [2.24, 2.45) is 5.41 Å². The predicted molar refractivity (Wildman–Crippen MR) is 101 cm³/mol. The quantitative estimate of drug-likeness (QED) is 0.882. The first-order valence-corrected chi connectivity index (χ1v) is 10.1. The lowest BCUT2D eigenvalue weighted by Crippen LogP contribution is -2.34. The number of aromatic nitrogens is 3. The SMILES string of the molecule is O=C(COc1ccccc1)N1CC(c2nc(C3CC3)n[nH]2)C2(CCCC2)C1. The van der Waals surface area contributed by atoms with Crippen molar-refractivity contribution in [1.29, 1.82) is 0 Å². The van der Waals surface area contributed by atoms with E-state index in [1.807, 2.05) is 35.2 Å². The lowest BCUT2D eigenvalue weighted by atomic mass is 9.76. The van der Waals surface area contributed by atoms with Gasteiger partial charge in [-0.05, 0) is 43.2 Å². The maximum Gasteiger partial charge on any atom is 0.260 e. The minimum atomic E-state index is 0.0644. The van der Waals surface area contributed by atoms with Gasteiger partial charge in [-0.25, -0.2) is 4.98 Å². The van der Waals surface area contributed by atoms with Gasteiger partial charge in [0.2, 0.25) is 0 Å². The van der Waals surface area contributed by atoms with Gasteiger partial charge in [0.1, 0.15) is 11.6 Å². The van der Waals surface area contributed by atoms with Crippen LogP contribution in [0.3, 0.4) is 0 Å². The molecule has 1 saturated heterocycles. The van der Waals surface area contributed by atoms with Gasteiger partial charge in [0.05, 0.1) is 0 Å². The summed E-state index contributed by atoms with van der Waals surface area (Å²) in [5, 5.41) is 7.67. The molecular weight excluding hydrogens is 340 g/mol. The van der Waals surface area contributed by atoms with E-state index in [4.69, 9.17) is 9.72 Å². The Bertz CT molecular complexity index is 809. The molecule has 3 aliphatic rings. The van der Waals surface area contributed by atoms with E-state index in [9.17, 15) is 4.79 Å². The number of benzene rings is 1. The van der Waals surface area contributed by atoms with Gasteiger partial charge in [0, 0.05) is 24.9 Å². The maximum atomic E-state index is 12.8. The predicted octanol–water partition coefficient (Wildman–Crippen LogP) is 3.25. The molecule has 1 aromatic carbocycles. The van der Waals surface area contributed by atoms with Gasteiger partial charge in [0.25, 0.3) is 5.91 Å². The Balaban J connectivity index is 1.30. The summed E-state index contributed by atoms with van der Waals surface area (Å²) in [7, 11) is 0. The van der Waals surface area contributed by atoms with Crippen molar-refractivity contribution in [1.82, 2.24) is 20.1 Å². The van der Waals surface area contributed by atoms with E-state index >= 15 is 0 Å². The molecule has 142 valence electrons. The third kappa shape index (κ3) is 3.22. The molecular formula is C21H26N4O2. The minimum absolute atomic E-state index is 0.0644. The summed E-state index contributed by atoms with van der Waals surface area (Å²) in [5.74, 6) is 3.57. The number of carbonyl (C=O) groups excluding carboxylic acids is 1. The highest BCUT2D eigenvalue weighted by atomic mass is 16.5. The zero-order valence-electron chi connectivity index (χ0n) is 15.6. The molecule has 6 nitrogen and oxygen atoms in total. The van der Waals surface area contributed by atoms with Crippen LogP contribution in [-0.2, 0) is 4.79 Å². The van der Waals surface area contributed by atoms with Gasteiger partial charge in [-0.1, -0.05) is 31.0 Å².